The number of rotatable bonds is 5. The number of ether oxygens (including phenoxy) is 1. The van der Waals surface area contributed by atoms with Gasteiger partial charge in [-0.05, 0) is 5.56 Å². The lowest BCUT2D eigenvalue weighted by atomic mass is 10.2. The second-order valence-corrected chi connectivity index (χ2v) is 3.15. The number of hydrogen-bond acceptors (Lipinski definition) is 4. The topological polar surface area (TPSA) is 69.4 Å². The minimum Gasteiger partial charge on any atom is -0.461 e. The zero-order valence-electron chi connectivity index (χ0n) is 8.26. The molecule has 0 amide bonds. The van der Waals surface area contributed by atoms with Crippen molar-refractivity contribution in [1.82, 2.24) is 0 Å². The Morgan fingerprint density at radius 3 is 2.67 bits per heavy atom. The van der Waals surface area contributed by atoms with Crippen LogP contribution in [0.4, 0.5) is 0 Å². The van der Waals surface area contributed by atoms with Gasteiger partial charge in [0.15, 0.2) is 0 Å². The smallest absolute Gasteiger partial charge is 0.308 e. The summed E-state index contributed by atoms with van der Waals surface area (Å²) in [5, 5.41) is 0. The average molecular weight is 207 g/mol. The summed E-state index contributed by atoms with van der Waals surface area (Å²) in [7, 11) is 0. The lowest BCUT2D eigenvalue weighted by Gasteiger charge is -2.05. The first-order valence-corrected chi connectivity index (χ1v) is 4.63. The molecule has 1 aromatic rings. The van der Waals surface area contributed by atoms with Crippen LogP contribution in [0.15, 0.2) is 30.3 Å². The Morgan fingerprint density at radius 1 is 1.40 bits per heavy atom. The Hall–Kier alpha value is -1.68. The highest BCUT2D eigenvalue weighted by atomic mass is 16.5. The molecule has 0 aliphatic heterocycles. The molecule has 0 fully saturated rings. The maximum Gasteiger partial charge on any atom is 0.308 e. The molecule has 80 valence electrons. The summed E-state index contributed by atoms with van der Waals surface area (Å²) in [4.78, 5) is 21.3. The molecule has 0 saturated heterocycles. The highest BCUT2D eigenvalue weighted by molar-refractivity contribution is 5.75. The normalized spacial score (nSPS) is 11.8. The third-order valence-corrected chi connectivity index (χ3v) is 1.82. The SMILES string of the molecule is N[C@@H](C=O)CC(=O)OCc1ccccc1. The van der Waals surface area contributed by atoms with Gasteiger partial charge in [-0.15, -0.1) is 0 Å². The molecule has 0 aromatic heterocycles. The zero-order chi connectivity index (χ0) is 11.1. The molecule has 0 spiro atoms. The van der Waals surface area contributed by atoms with E-state index in [0.29, 0.717) is 6.29 Å². The molecule has 4 nitrogen and oxygen atoms in total. The number of nitrogens with two attached hydrogens (primary N) is 1. The van der Waals surface area contributed by atoms with Crippen molar-refractivity contribution >= 4 is 12.3 Å². The van der Waals surface area contributed by atoms with Gasteiger partial charge in [0.05, 0.1) is 12.5 Å². The Bertz CT molecular complexity index is 324. The summed E-state index contributed by atoms with van der Waals surface area (Å²) in [6.07, 6.45) is 0.458. The van der Waals surface area contributed by atoms with Crippen LogP contribution in [0, 0.1) is 0 Å². The van der Waals surface area contributed by atoms with E-state index >= 15 is 0 Å². The molecule has 2 N–H and O–H groups in total. The van der Waals surface area contributed by atoms with Crippen LogP contribution in [-0.2, 0) is 20.9 Å². The molecular weight excluding hydrogens is 194 g/mol. The minimum absolute atomic E-state index is 0.0731. The van der Waals surface area contributed by atoms with E-state index in [1.807, 2.05) is 30.3 Å². The third kappa shape index (κ3) is 4.37. The molecule has 15 heavy (non-hydrogen) atoms. The number of carbonyl (C=O) groups excluding carboxylic acids is 2. The first kappa shape index (κ1) is 11.4. The van der Waals surface area contributed by atoms with E-state index in [4.69, 9.17) is 10.5 Å². The van der Waals surface area contributed by atoms with Crippen molar-refractivity contribution in [3.05, 3.63) is 35.9 Å². The summed E-state index contributed by atoms with van der Waals surface area (Å²) in [6.45, 7) is 0.214. The Labute approximate surface area is 88.0 Å². The van der Waals surface area contributed by atoms with E-state index < -0.39 is 12.0 Å². The first-order valence-electron chi connectivity index (χ1n) is 4.63. The summed E-state index contributed by atoms with van der Waals surface area (Å²) in [5.74, 6) is -0.460. The van der Waals surface area contributed by atoms with Crippen molar-refractivity contribution in [3.63, 3.8) is 0 Å². The van der Waals surface area contributed by atoms with E-state index in [0.717, 1.165) is 5.56 Å². The van der Waals surface area contributed by atoms with Gasteiger partial charge >= 0.3 is 5.97 Å². The fourth-order valence-electron chi connectivity index (χ4n) is 1.04. The van der Waals surface area contributed by atoms with Gasteiger partial charge in [-0.3, -0.25) is 4.79 Å². The van der Waals surface area contributed by atoms with Crippen molar-refractivity contribution < 1.29 is 14.3 Å². The Morgan fingerprint density at radius 2 is 2.07 bits per heavy atom. The van der Waals surface area contributed by atoms with Crippen molar-refractivity contribution in [2.45, 2.75) is 19.1 Å². The third-order valence-electron chi connectivity index (χ3n) is 1.82. The molecule has 0 aliphatic rings. The summed E-state index contributed by atoms with van der Waals surface area (Å²) >= 11 is 0. The molecule has 0 saturated carbocycles. The van der Waals surface area contributed by atoms with Gasteiger partial charge in [0.2, 0.25) is 0 Å². The van der Waals surface area contributed by atoms with Crippen molar-refractivity contribution in [3.8, 4) is 0 Å². The van der Waals surface area contributed by atoms with E-state index in [9.17, 15) is 9.59 Å². The Kier molecular flexibility index (Phi) is 4.50. The van der Waals surface area contributed by atoms with E-state index in [-0.39, 0.29) is 13.0 Å². The quantitative estimate of drug-likeness (QED) is 0.568. The maximum atomic E-state index is 11.1. The molecule has 1 atom stereocenters. The molecule has 0 radical (unpaired) electrons. The summed E-state index contributed by atoms with van der Waals surface area (Å²) in [5.41, 5.74) is 6.18. The van der Waals surface area contributed by atoms with Crippen LogP contribution in [0.1, 0.15) is 12.0 Å². The van der Waals surface area contributed by atoms with E-state index in [2.05, 4.69) is 0 Å². The van der Waals surface area contributed by atoms with Crippen molar-refractivity contribution in [2.24, 2.45) is 5.73 Å². The van der Waals surface area contributed by atoms with Gasteiger partial charge in [0.1, 0.15) is 12.9 Å². The molecule has 0 heterocycles. The van der Waals surface area contributed by atoms with Gasteiger partial charge in [0.25, 0.3) is 0 Å². The fraction of sp³-hybridized carbons (Fsp3) is 0.273. The molecule has 0 unspecified atom stereocenters. The minimum atomic E-state index is -0.770. The molecular formula is C11H13NO3. The highest BCUT2D eigenvalue weighted by Gasteiger charge is 2.09. The average Bonchev–Trinajstić information content (AvgIpc) is 2.27. The van der Waals surface area contributed by atoms with E-state index in [1.165, 1.54) is 0 Å². The molecule has 0 bridgehead atoms. The van der Waals surface area contributed by atoms with Crippen molar-refractivity contribution in [1.29, 1.82) is 0 Å². The van der Waals surface area contributed by atoms with Crippen LogP contribution < -0.4 is 5.73 Å². The number of aldehydes is 1. The molecule has 1 aromatic carbocycles. The summed E-state index contributed by atoms with van der Waals surface area (Å²) in [6, 6.07) is 8.54. The van der Waals surface area contributed by atoms with E-state index in [1.54, 1.807) is 0 Å². The highest BCUT2D eigenvalue weighted by Crippen LogP contribution is 2.01. The number of hydrogen-bond donors (Lipinski definition) is 1. The summed E-state index contributed by atoms with van der Waals surface area (Å²) < 4.78 is 4.92. The lowest BCUT2D eigenvalue weighted by molar-refractivity contribution is -0.145. The van der Waals surface area contributed by atoms with Gasteiger partial charge in [-0.25, -0.2) is 0 Å². The van der Waals surface area contributed by atoms with Gasteiger partial charge in [-0.1, -0.05) is 30.3 Å². The predicted octanol–water partition coefficient (Wildman–Crippen LogP) is 0.646. The van der Waals surface area contributed by atoms with Crippen LogP contribution in [0.5, 0.6) is 0 Å². The van der Waals surface area contributed by atoms with Crippen LogP contribution in [0.2, 0.25) is 0 Å². The van der Waals surface area contributed by atoms with Gasteiger partial charge in [0, 0.05) is 0 Å². The lowest BCUT2D eigenvalue weighted by Crippen LogP contribution is -2.26. The van der Waals surface area contributed by atoms with Crippen LogP contribution >= 0.6 is 0 Å². The number of benzene rings is 1. The molecule has 1 rings (SSSR count). The zero-order valence-corrected chi connectivity index (χ0v) is 8.26. The van der Waals surface area contributed by atoms with Crippen LogP contribution in [0.25, 0.3) is 0 Å². The maximum absolute atomic E-state index is 11.1. The standard InChI is InChI=1S/C11H13NO3/c12-10(7-13)6-11(14)15-8-9-4-2-1-3-5-9/h1-5,7,10H,6,8,12H2/t10-/m1/s1. The fourth-order valence-corrected chi connectivity index (χ4v) is 1.04. The first-order chi connectivity index (χ1) is 7.22. The monoisotopic (exact) mass is 207 g/mol. The number of esters is 1. The predicted molar refractivity (Wildman–Crippen MR) is 54.9 cm³/mol. The van der Waals surface area contributed by atoms with Gasteiger partial charge in [-0.2, -0.15) is 0 Å². The van der Waals surface area contributed by atoms with Gasteiger partial charge < -0.3 is 15.3 Å². The molecule has 4 heteroatoms. The second kappa shape index (κ2) is 5.93. The Balaban J connectivity index is 2.31. The second-order valence-electron chi connectivity index (χ2n) is 3.15. The van der Waals surface area contributed by atoms with Crippen molar-refractivity contribution in [2.75, 3.05) is 0 Å². The van der Waals surface area contributed by atoms with Crippen LogP contribution in [0.3, 0.4) is 0 Å². The van der Waals surface area contributed by atoms with Crippen LogP contribution in [-0.4, -0.2) is 18.3 Å². The molecule has 0 aliphatic carbocycles. The number of carbonyl (C=O) groups is 2. The largest absolute Gasteiger partial charge is 0.461 e.